The molecule has 0 aromatic heterocycles. The molecule has 3 nitrogen and oxygen atoms in total. The van der Waals surface area contributed by atoms with Gasteiger partial charge in [-0.1, -0.05) is 0 Å². The molecule has 17 heavy (non-hydrogen) atoms. The zero-order valence-electron chi connectivity index (χ0n) is 10.4. The summed E-state index contributed by atoms with van der Waals surface area (Å²) in [4.78, 5) is 10.9. The van der Waals surface area contributed by atoms with Gasteiger partial charge in [0, 0.05) is 11.1 Å². The van der Waals surface area contributed by atoms with E-state index in [1.54, 1.807) is 0 Å². The van der Waals surface area contributed by atoms with Crippen molar-refractivity contribution in [3.8, 4) is 11.5 Å². The highest BCUT2D eigenvalue weighted by Gasteiger charge is 2.30. The van der Waals surface area contributed by atoms with Crippen molar-refractivity contribution in [1.82, 2.24) is 0 Å². The van der Waals surface area contributed by atoms with Crippen LogP contribution in [0.5, 0.6) is 11.5 Å². The smallest absolute Gasteiger partial charge is 0.150 e. The van der Waals surface area contributed by atoms with Crippen LogP contribution in [-0.2, 0) is 0 Å². The largest absolute Gasteiger partial charge is 0.493 e. The van der Waals surface area contributed by atoms with E-state index in [2.05, 4.69) is 0 Å². The second-order valence-corrected chi connectivity index (χ2v) is 4.19. The molecule has 1 aromatic carbocycles. The minimum absolute atomic E-state index is 0.541. The highest BCUT2D eigenvalue weighted by molar-refractivity contribution is 5.77. The molecule has 0 spiro atoms. The summed E-state index contributed by atoms with van der Waals surface area (Å²) in [6.07, 6.45) is 3.20. The van der Waals surface area contributed by atoms with Gasteiger partial charge in [0.2, 0.25) is 0 Å². The maximum atomic E-state index is 10.9. The molecule has 3 heteroatoms. The van der Waals surface area contributed by atoms with E-state index < -0.39 is 0 Å². The van der Waals surface area contributed by atoms with E-state index in [0.717, 1.165) is 23.3 Å². The van der Waals surface area contributed by atoms with Crippen LogP contribution < -0.4 is 9.47 Å². The summed E-state index contributed by atoms with van der Waals surface area (Å²) >= 11 is 0. The first-order valence-corrected chi connectivity index (χ1v) is 6.18. The number of benzene rings is 1. The van der Waals surface area contributed by atoms with Crippen LogP contribution in [0.15, 0.2) is 12.1 Å². The second kappa shape index (κ2) is 5.21. The van der Waals surface area contributed by atoms with Crippen LogP contribution in [0.2, 0.25) is 0 Å². The molecule has 0 amide bonds. The standard InChI is InChI=1S/C14H18O3/c1-3-16-12-7-10(9-15)8-13(17-4-2)14(12)11-5-6-11/h7-9,11H,3-6H2,1-2H3. The Morgan fingerprint density at radius 1 is 1.18 bits per heavy atom. The van der Waals surface area contributed by atoms with Crippen molar-refractivity contribution in [2.24, 2.45) is 0 Å². The predicted octanol–water partition coefficient (Wildman–Crippen LogP) is 3.17. The maximum absolute atomic E-state index is 10.9. The van der Waals surface area contributed by atoms with Gasteiger partial charge in [0.05, 0.1) is 13.2 Å². The van der Waals surface area contributed by atoms with Gasteiger partial charge in [-0.2, -0.15) is 0 Å². The van der Waals surface area contributed by atoms with Crippen molar-refractivity contribution in [3.63, 3.8) is 0 Å². The minimum Gasteiger partial charge on any atom is -0.493 e. The molecular weight excluding hydrogens is 216 g/mol. The lowest BCUT2D eigenvalue weighted by molar-refractivity contribution is 0.112. The van der Waals surface area contributed by atoms with Gasteiger partial charge in [-0.05, 0) is 44.7 Å². The Kier molecular flexibility index (Phi) is 3.67. The molecule has 0 heterocycles. The first-order valence-electron chi connectivity index (χ1n) is 6.18. The Morgan fingerprint density at radius 2 is 1.71 bits per heavy atom. The van der Waals surface area contributed by atoms with Crippen molar-refractivity contribution < 1.29 is 14.3 Å². The van der Waals surface area contributed by atoms with Gasteiger partial charge in [-0.3, -0.25) is 4.79 Å². The third kappa shape index (κ3) is 2.60. The number of hydrogen-bond acceptors (Lipinski definition) is 3. The van der Waals surface area contributed by atoms with E-state index in [9.17, 15) is 4.79 Å². The molecule has 0 saturated heterocycles. The lowest BCUT2D eigenvalue weighted by atomic mass is 10.1. The molecule has 1 fully saturated rings. The molecular formula is C14H18O3. The molecule has 92 valence electrons. The van der Waals surface area contributed by atoms with Crippen molar-refractivity contribution in [1.29, 1.82) is 0 Å². The van der Waals surface area contributed by atoms with Gasteiger partial charge in [0.25, 0.3) is 0 Å². The molecule has 1 aliphatic rings. The summed E-state index contributed by atoms with van der Waals surface area (Å²) in [5, 5.41) is 0. The van der Waals surface area contributed by atoms with Gasteiger partial charge in [-0.15, -0.1) is 0 Å². The van der Waals surface area contributed by atoms with Gasteiger partial charge < -0.3 is 9.47 Å². The Morgan fingerprint density at radius 3 is 2.06 bits per heavy atom. The second-order valence-electron chi connectivity index (χ2n) is 4.19. The highest BCUT2D eigenvalue weighted by Crippen LogP contribution is 2.49. The first-order chi connectivity index (χ1) is 8.30. The van der Waals surface area contributed by atoms with Gasteiger partial charge in [0.1, 0.15) is 17.8 Å². The maximum Gasteiger partial charge on any atom is 0.150 e. The molecule has 1 saturated carbocycles. The average Bonchev–Trinajstić information content (AvgIpc) is 3.13. The van der Waals surface area contributed by atoms with Crippen molar-refractivity contribution >= 4 is 6.29 Å². The zero-order valence-corrected chi connectivity index (χ0v) is 10.4. The lowest BCUT2D eigenvalue weighted by Crippen LogP contribution is -2.02. The van der Waals surface area contributed by atoms with Crippen molar-refractivity contribution in [2.75, 3.05) is 13.2 Å². The fraction of sp³-hybridized carbons (Fsp3) is 0.500. The van der Waals surface area contributed by atoms with Gasteiger partial charge >= 0.3 is 0 Å². The van der Waals surface area contributed by atoms with Crippen LogP contribution >= 0.6 is 0 Å². The molecule has 2 rings (SSSR count). The normalized spacial score (nSPS) is 14.5. The molecule has 0 N–H and O–H groups in total. The summed E-state index contributed by atoms with van der Waals surface area (Å²) in [6, 6.07) is 3.62. The van der Waals surface area contributed by atoms with Crippen LogP contribution in [-0.4, -0.2) is 19.5 Å². The number of rotatable bonds is 6. The fourth-order valence-corrected chi connectivity index (χ4v) is 2.01. The van der Waals surface area contributed by atoms with E-state index in [0.29, 0.717) is 24.7 Å². The number of carbonyl (C=O) groups is 1. The summed E-state index contributed by atoms with van der Waals surface area (Å²) in [6.45, 7) is 5.11. The zero-order chi connectivity index (χ0) is 12.3. The number of aldehydes is 1. The van der Waals surface area contributed by atoms with Crippen LogP contribution in [0.4, 0.5) is 0 Å². The predicted molar refractivity (Wildman–Crippen MR) is 66.1 cm³/mol. The lowest BCUT2D eigenvalue weighted by Gasteiger charge is -2.15. The van der Waals surface area contributed by atoms with Crippen LogP contribution in [0.1, 0.15) is 48.5 Å². The van der Waals surface area contributed by atoms with E-state index in [1.165, 1.54) is 12.8 Å². The Bertz CT molecular complexity index is 381. The Labute approximate surface area is 102 Å². The fourth-order valence-electron chi connectivity index (χ4n) is 2.01. The number of ether oxygens (including phenoxy) is 2. The van der Waals surface area contributed by atoms with E-state index >= 15 is 0 Å². The monoisotopic (exact) mass is 234 g/mol. The number of carbonyl (C=O) groups excluding carboxylic acids is 1. The highest BCUT2D eigenvalue weighted by atomic mass is 16.5. The SMILES string of the molecule is CCOc1cc(C=O)cc(OCC)c1C1CC1. The molecule has 1 aliphatic carbocycles. The third-order valence-electron chi connectivity index (χ3n) is 2.85. The molecule has 1 aromatic rings. The van der Waals surface area contributed by atoms with Crippen LogP contribution in [0.25, 0.3) is 0 Å². The molecule has 0 unspecified atom stereocenters. The van der Waals surface area contributed by atoms with Gasteiger partial charge in [-0.25, -0.2) is 0 Å². The van der Waals surface area contributed by atoms with Crippen LogP contribution in [0, 0.1) is 0 Å². The molecule has 0 aliphatic heterocycles. The first kappa shape index (κ1) is 12.0. The molecule has 0 radical (unpaired) electrons. The topological polar surface area (TPSA) is 35.5 Å². The minimum atomic E-state index is 0.541. The number of hydrogen-bond donors (Lipinski definition) is 0. The molecule has 0 atom stereocenters. The molecule has 0 bridgehead atoms. The summed E-state index contributed by atoms with van der Waals surface area (Å²) in [7, 11) is 0. The van der Waals surface area contributed by atoms with E-state index in [1.807, 2.05) is 26.0 Å². The van der Waals surface area contributed by atoms with Crippen molar-refractivity contribution in [3.05, 3.63) is 23.3 Å². The van der Waals surface area contributed by atoms with Crippen LogP contribution in [0.3, 0.4) is 0 Å². The summed E-state index contributed by atoms with van der Waals surface area (Å²) < 4.78 is 11.3. The average molecular weight is 234 g/mol. The Hall–Kier alpha value is -1.51. The van der Waals surface area contributed by atoms with Crippen molar-refractivity contribution in [2.45, 2.75) is 32.6 Å². The quantitative estimate of drug-likeness (QED) is 0.709. The summed E-state index contributed by atoms with van der Waals surface area (Å²) in [5.41, 5.74) is 1.75. The summed E-state index contributed by atoms with van der Waals surface area (Å²) in [5.74, 6) is 2.16. The van der Waals surface area contributed by atoms with E-state index in [4.69, 9.17) is 9.47 Å². The van der Waals surface area contributed by atoms with E-state index in [-0.39, 0.29) is 0 Å². The third-order valence-corrected chi connectivity index (χ3v) is 2.85. The Balaban J connectivity index is 2.45. The van der Waals surface area contributed by atoms with Gasteiger partial charge in [0.15, 0.2) is 0 Å².